The largest absolute Gasteiger partial charge is 0.352 e. The van der Waals surface area contributed by atoms with E-state index < -0.39 is 10.0 Å². The summed E-state index contributed by atoms with van der Waals surface area (Å²) in [4.78, 5) is 24.0. The van der Waals surface area contributed by atoms with Gasteiger partial charge >= 0.3 is 0 Å². The third kappa shape index (κ3) is 6.12. The molecule has 0 saturated heterocycles. The molecule has 1 amide bonds. The molecule has 0 heterocycles. The zero-order valence-corrected chi connectivity index (χ0v) is 16.3. The number of anilines is 1. The minimum atomic E-state index is -3.65. The lowest BCUT2D eigenvalue weighted by atomic mass is 9.97. The Balaban J connectivity index is 2.11. The normalized spacial score (nSPS) is 16.4. The molecule has 0 aromatic heterocycles. The maximum absolute atomic E-state index is 12.5. The standard InChI is InChI=1S/C19H28N2O4S/c1-15(22)16-9-8-12-18(13-16)21(26(2,24)25)14-19(23)20-17-10-6-4-3-5-7-11-17/h8-9,12-13,17H,3-7,10-11,14H2,1-2H3,(H,20,23). The molecule has 2 rings (SSSR count). The summed E-state index contributed by atoms with van der Waals surface area (Å²) >= 11 is 0. The molecule has 0 atom stereocenters. The van der Waals surface area contributed by atoms with Crippen LogP contribution < -0.4 is 9.62 Å². The summed E-state index contributed by atoms with van der Waals surface area (Å²) in [5, 5.41) is 2.98. The third-order valence-electron chi connectivity index (χ3n) is 4.70. The molecule has 1 fully saturated rings. The molecular weight excluding hydrogens is 352 g/mol. The second-order valence-corrected chi connectivity index (χ2v) is 8.89. The van der Waals surface area contributed by atoms with Crippen molar-refractivity contribution in [2.24, 2.45) is 0 Å². The number of hydrogen-bond acceptors (Lipinski definition) is 4. The Morgan fingerprint density at radius 2 is 1.73 bits per heavy atom. The van der Waals surface area contributed by atoms with Gasteiger partial charge in [0.2, 0.25) is 15.9 Å². The highest BCUT2D eigenvalue weighted by molar-refractivity contribution is 7.92. The molecule has 144 valence electrons. The van der Waals surface area contributed by atoms with Crippen LogP contribution in [0.15, 0.2) is 24.3 Å². The molecule has 1 aromatic rings. The van der Waals surface area contributed by atoms with Crippen LogP contribution in [0.5, 0.6) is 0 Å². The van der Waals surface area contributed by atoms with Crippen molar-refractivity contribution in [3.05, 3.63) is 29.8 Å². The van der Waals surface area contributed by atoms with E-state index in [2.05, 4.69) is 5.32 Å². The number of nitrogens with one attached hydrogen (secondary N) is 1. The number of ketones is 1. The summed E-state index contributed by atoms with van der Waals surface area (Å²) < 4.78 is 25.5. The molecule has 1 N–H and O–H groups in total. The molecule has 1 aliphatic rings. The van der Waals surface area contributed by atoms with E-state index >= 15 is 0 Å². The maximum Gasteiger partial charge on any atom is 0.240 e. The fraction of sp³-hybridized carbons (Fsp3) is 0.579. The summed E-state index contributed by atoms with van der Waals surface area (Å²) in [5.41, 5.74) is 0.740. The second-order valence-electron chi connectivity index (χ2n) is 6.99. The maximum atomic E-state index is 12.5. The fourth-order valence-corrected chi connectivity index (χ4v) is 4.13. The molecule has 0 unspecified atom stereocenters. The average Bonchev–Trinajstić information content (AvgIpc) is 2.54. The first-order valence-corrected chi connectivity index (χ1v) is 11.0. The van der Waals surface area contributed by atoms with Crippen molar-refractivity contribution in [2.75, 3.05) is 17.1 Å². The van der Waals surface area contributed by atoms with Crippen molar-refractivity contribution < 1.29 is 18.0 Å². The average molecular weight is 381 g/mol. The number of amides is 1. The molecule has 26 heavy (non-hydrogen) atoms. The Bertz CT molecular complexity index is 738. The van der Waals surface area contributed by atoms with E-state index in [9.17, 15) is 18.0 Å². The Morgan fingerprint density at radius 1 is 1.12 bits per heavy atom. The lowest BCUT2D eigenvalue weighted by Gasteiger charge is -2.25. The Labute approximate surface area is 156 Å². The predicted molar refractivity (Wildman–Crippen MR) is 103 cm³/mol. The molecule has 6 nitrogen and oxygen atoms in total. The number of hydrogen-bond donors (Lipinski definition) is 1. The zero-order chi connectivity index (χ0) is 19.2. The van der Waals surface area contributed by atoms with Crippen molar-refractivity contribution >= 4 is 27.4 Å². The lowest BCUT2D eigenvalue weighted by Crippen LogP contribution is -2.44. The van der Waals surface area contributed by atoms with Crippen molar-refractivity contribution in [3.8, 4) is 0 Å². The topological polar surface area (TPSA) is 83.6 Å². The minimum absolute atomic E-state index is 0.104. The van der Waals surface area contributed by atoms with Gasteiger partial charge in [-0.15, -0.1) is 0 Å². The molecule has 1 aromatic carbocycles. The van der Waals surface area contributed by atoms with E-state index in [4.69, 9.17) is 0 Å². The monoisotopic (exact) mass is 380 g/mol. The van der Waals surface area contributed by atoms with Gasteiger partial charge in [-0.25, -0.2) is 8.42 Å². The van der Waals surface area contributed by atoms with Crippen LogP contribution in [-0.4, -0.2) is 39.0 Å². The highest BCUT2D eigenvalue weighted by Gasteiger charge is 2.23. The smallest absolute Gasteiger partial charge is 0.240 e. The molecule has 0 spiro atoms. The number of carbonyl (C=O) groups is 2. The third-order valence-corrected chi connectivity index (χ3v) is 5.84. The van der Waals surface area contributed by atoms with Gasteiger partial charge < -0.3 is 5.32 Å². The first-order valence-electron chi connectivity index (χ1n) is 9.15. The van der Waals surface area contributed by atoms with Crippen molar-refractivity contribution in [3.63, 3.8) is 0 Å². The number of sulfonamides is 1. The van der Waals surface area contributed by atoms with Crippen molar-refractivity contribution in [1.29, 1.82) is 0 Å². The number of benzene rings is 1. The van der Waals surface area contributed by atoms with Crippen molar-refractivity contribution in [1.82, 2.24) is 5.32 Å². The van der Waals surface area contributed by atoms with Gasteiger partial charge in [0.25, 0.3) is 0 Å². The lowest BCUT2D eigenvalue weighted by molar-refractivity contribution is -0.120. The first-order chi connectivity index (χ1) is 12.3. The Morgan fingerprint density at radius 3 is 2.31 bits per heavy atom. The van der Waals surface area contributed by atoms with Gasteiger partial charge in [-0.2, -0.15) is 0 Å². The van der Waals surface area contributed by atoms with Crippen LogP contribution in [0, 0.1) is 0 Å². The van der Waals surface area contributed by atoms with E-state index in [0.717, 1.165) is 36.2 Å². The Hall–Kier alpha value is -1.89. The minimum Gasteiger partial charge on any atom is -0.352 e. The Kier molecular flexibility index (Phi) is 7.20. The van der Waals surface area contributed by atoms with Gasteiger partial charge in [0.05, 0.1) is 11.9 Å². The van der Waals surface area contributed by atoms with Crippen LogP contribution in [0.4, 0.5) is 5.69 Å². The molecule has 0 radical (unpaired) electrons. The van der Waals surface area contributed by atoms with Crippen LogP contribution in [0.3, 0.4) is 0 Å². The molecular formula is C19H28N2O4S. The molecule has 0 aliphatic heterocycles. The SMILES string of the molecule is CC(=O)c1cccc(N(CC(=O)NC2CCCCCCC2)S(C)(=O)=O)c1. The summed E-state index contributed by atoms with van der Waals surface area (Å²) in [5.74, 6) is -0.464. The quantitative estimate of drug-likeness (QED) is 0.769. The van der Waals surface area contributed by atoms with E-state index in [1.807, 2.05) is 0 Å². The van der Waals surface area contributed by atoms with Crippen molar-refractivity contribution in [2.45, 2.75) is 57.9 Å². The molecule has 0 bridgehead atoms. The summed E-state index contributed by atoms with van der Waals surface area (Å²) in [6.07, 6.45) is 8.71. The van der Waals surface area contributed by atoms with Crippen LogP contribution in [0.2, 0.25) is 0 Å². The highest BCUT2D eigenvalue weighted by atomic mass is 32.2. The fourth-order valence-electron chi connectivity index (χ4n) is 3.28. The van der Waals surface area contributed by atoms with Gasteiger partial charge in [0.1, 0.15) is 6.54 Å². The number of rotatable bonds is 6. The van der Waals surface area contributed by atoms with Gasteiger partial charge in [-0.05, 0) is 31.9 Å². The first kappa shape index (κ1) is 20.4. The van der Waals surface area contributed by atoms with Crippen LogP contribution in [0.1, 0.15) is 62.2 Å². The molecule has 7 heteroatoms. The second kappa shape index (κ2) is 9.16. The predicted octanol–water partition coefficient (Wildman–Crippen LogP) is 2.88. The highest BCUT2D eigenvalue weighted by Crippen LogP contribution is 2.20. The van der Waals surface area contributed by atoms with E-state index in [1.54, 1.807) is 18.2 Å². The van der Waals surface area contributed by atoms with Crippen LogP contribution in [-0.2, 0) is 14.8 Å². The van der Waals surface area contributed by atoms with E-state index in [1.165, 1.54) is 32.3 Å². The summed E-state index contributed by atoms with van der Waals surface area (Å²) in [6.45, 7) is 1.14. The van der Waals surface area contributed by atoms with Crippen LogP contribution >= 0.6 is 0 Å². The number of carbonyl (C=O) groups excluding carboxylic acids is 2. The van der Waals surface area contributed by atoms with Crippen LogP contribution in [0.25, 0.3) is 0 Å². The van der Waals surface area contributed by atoms with Gasteiger partial charge in [0.15, 0.2) is 5.78 Å². The summed E-state index contributed by atoms with van der Waals surface area (Å²) in [7, 11) is -3.65. The molecule has 1 saturated carbocycles. The summed E-state index contributed by atoms with van der Waals surface area (Å²) in [6, 6.07) is 6.45. The van der Waals surface area contributed by atoms with Gasteiger partial charge in [0, 0.05) is 11.6 Å². The number of nitrogens with zero attached hydrogens (tertiary/aromatic N) is 1. The van der Waals surface area contributed by atoms with Gasteiger partial charge in [-0.3, -0.25) is 13.9 Å². The molecule has 1 aliphatic carbocycles. The van der Waals surface area contributed by atoms with Gasteiger partial charge in [-0.1, -0.05) is 44.2 Å². The zero-order valence-electron chi connectivity index (χ0n) is 15.5. The van der Waals surface area contributed by atoms with E-state index in [-0.39, 0.29) is 24.3 Å². The number of Topliss-reactive ketones (excluding diaryl/α,β-unsaturated/α-hetero) is 1. The van der Waals surface area contributed by atoms with E-state index in [0.29, 0.717) is 11.3 Å².